The van der Waals surface area contributed by atoms with Crippen LogP contribution in [0.4, 0.5) is 8.78 Å². The highest BCUT2D eigenvalue weighted by Crippen LogP contribution is 2.27. The molecule has 0 N–H and O–H groups in total. The summed E-state index contributed by atoms with van der Waals surface area (Å²) in [6.45, 7) is 2.10. The molecule has 128 valence electrons. The molecule has 0 amide bonds. The Bertz CT molecular complexity index is 496. The van der Waals surface area contributed by atoms with E-state index in [2.05, 4.69) is 6.92 Å². The van der Waals surface area contributed by atoms with Crippen LogP contribution in [0.1, 0.15) is 57.4 Å². The van der Waals surface area contributed by atoms with Crippen molar-refractivity contribution in [3.8, 4) is 0 Å². The van der Waals surface area contributed by atoms with Gasteiger partial charge in [-0.1, -0.05) is 25.5 Å². The standard InChI is InChI=1S/C19H26F2O2/c1-2-4-16(23-17-10-7-14(13-22)8-11-17)12-9-15-5-3-6-18(20)19(15)21/h3,5-6,13-14,16-17H,2,4,7-12H2,1H3/t14-,16?,17-. The highest BCUT2D eigenvalue weighted by atomic mass is 19.2. The van der Waals surface area contributed by atoms with Crippen LogP contribution in [0.25, 0.3) is 0 Å². The summed E-state index contributed by atoms with van der Waals surface area (Å²) < 4.78 is 33.2. The predicted molar refractivity (Wildman–Crippen MR) is 86.3 cm³/mol. The number of aldehydes is 1. The first-order chi connectivity index (χ1) is 11.1. The van der Waals surface area contributed by atoms with Gasteiger partial charge in [-0.2, -0.15) is 0 Å². The van der Waals surface area contributed by atoms with E-state index in [-0.39, 0.29) is 18.1 Å². The lowest BCUT2D eigenvalue weighted by molar-refractivity contribution is -0.113. The lowest BCUT2D eigenvalue weighted by Crippen LogP contribution is -2.27. The molecule has 0 heterocycles. The van der Waals surface area contributed by atoms with Gasteiger partial charge in [0, 0.05) is 5.92 Å². The summed E-state index contributed by atoms with van der Waals surface area (Å²) >= 11 is 0. The van der Waals surface area contributed by atoms with E-state index in [0.717, 1.165) is 50.9 Å². The Kier molecular flexibility index (Phi) is 7.15. The Morgan fingerprint density at radius 3 is 2.61 bits per heavy atom. The number of carbonyl (C=O) groups is 1. The van der Waals surface area contributed by atoms with Crippen LogP contribution in [0.3, 0.4) is 0 Å². The first-order valence-corrected chi connectivity index (χ1v) is 8.67. The van der Waals surface area contributed by atoms with Crippen LogP contribution < -0.4 is 0 Å². The number of carbonyl (C=O) groups excluding carboxylic acids is 1. The van der Waals surface area contributed by atoms with Crippen molar-refractivity contribution in [1.29, 1.82) is 0 Å². The van der Waals surface area contributed by atoms with Gasteiger partial charge >= 0.3 is 0 Å². The molecule has 0 aliphatic heterocycles. The summed E-state index contributed by atoms with van der Waals surface area (Å²) in [5, 5.41) is 0. The van der Waals surface area contributed by atoms with Crippen molar-refractivity contribution in [3.05, 3.63) is 35.4 Å². The maximum absolute atomic E-state index is 13.7. The van der Waals surface area contributed by atoms with E-state index in [1.165, 1.54) is 0 Å². The predicted octanol–water partition coefficient (Wildman–Crippen LogP) is 4.84. The Hall–Kier alpha value is -1.29. The van der Waals surface area contributed by atoms with Crippen LogP contribution in [0.15, 0.2) is 18.2 Å². The monoisotopic (exact) mass is 324 g/mol. The minimum atomic E-state index is -0.789. The van der Waals surface area contributed by atoms with Gasteiger partial charge in [0.25, 0.3) is 0 Å². The first kappa shape index (κ1) is 18.1. The van der Waals surface area contributed by atoms with E-state index in [1.807, 2.05) is 0 Å². The van der Waals surface area contributed by atoms with Gasteiger partial charge in [0.15, 0.2) is 11.6 Å². The molecular formula is C19H26F2O2. The maximum atomic E-state index is 13.7. The third-order valence-electron chi connectivity index (χ3n) is 4.67. The SMILES string of the molecule is CCCC(CCc1cccc(F)c1F)O[C@H]1CC[C@H](C=O)CC1. The second-order valence-corrected chi connectivity index (χ2v) is 6.47. The highest BCUT2D eigenvalue weighted by Gasteiger charge is 2.24. The van der Waals surface area contributed by atoms with Gasteiger partial charge in [-0.05, 0) is 56.6 Å². The van der Waals surface area contributed by atoms with Gasteiger partial charge in [-0.3, -0.25) is 0 Å². The fraction of sp³-hybridized carbons (Fsp3) is 0.632. The zero-order valence-electron chi connectivity index (χ0n) is 13.8. The first-order valence-electron chi connectivity index (χ1n) is 8.67. The lowest BCUT2D eigenvalue weighted by atomic mass is 9.88. The summed E-state index contributed by atoms with van der Waals surface area (Å²) in [6.07, 6.45) is 8.03. The average Bonchev–Trinajstić information content (AvgIpc) is 2.57. The molecule has 1 aromatic carbocycles. The van der Waals surface area contributed by atoms with Crippen LogP contribution in [-0.2, 0) is 16.0 Å². The number of aryl methyl sites for hydroxylation is 1. The Morgan fingerprint density at radius 1 is 1.22 bits per heavy atom. The van der Waals surface area contributed by atoms with Gasteiger partial charge in [0.1, 0.15) is 6.29 Å². The summed E-state index contributed by atoms with van der Waals surface area (Å²) in [5.41, 5.74) is 0.416. The molecule has 0 radical (unpaired) electrons. The van der Waals surface area contributed by atoms with Crippen molar-refractivity contribution in [2.45, 2.75) is 70.5 Å². The highest BCUT2D eigenvalue weighted by molar-refractivity contribution is 5.53. The minimum Gasteiger partial charge on any atom is -0.375 e. The topological polar surface area (TPSA) is 26.3 Å². The third-order valence-corrected chi connectivity index (χ3v) is 4.67. The largest absolute Gasteiger partial charge is 0.375 e. The zero-order chi connectivity index (χ0) is 16.7. The molecule has 1 saturated carbocycles. The molecule has 4 heteroatoms. The van der Waals surface area contributed by atoms with E-state index in [0.29, 0.717) is 18.4 Å². The molecule has 0 spiro atoms. The van der Waals surface area contributed by atoms with Gasteiger partial charge in [-0.15, -0.1) is 0 Å². The normalized spacial score (nSPS) is 22.7. The van der Waals surface area contributed by atoms with E-state index in [4.69, 9.17) is 4.74 Å². The molecular weight excluding hydrogens is 298 g/mol. The van der Waals surface area contributed by atoms with Crippen LogP contribution in [0.5, 0.6) is 0 Å². The zero-order valence-corrected chi connectivity index (χ0v) is 13.8. The molecule has 1 atom stereocenters. The van der Waals surface area contributed by atoms with Crippen molar-refractivity contribution in [3.63, 3.8) is 0 Å². The minimum absolute atomic E-state index is 0.0699. The van der Waals surface area contributed by atoms with Gasteiger partial charge < -0.3 is 9.53 Å². The van der Waals surface area contributed by atoms with E-state index in [9.17, 15) is 13.6 Å². The summed E-state index contributed by atoms with van der Waals surface area (Å²) in [6, 6.07) is 4.32. The number of rotatable bonds is 8. The van der Waals surface area contributed by atoms with Crippen LogP contribution >= 0.6 is 0 Å². The van der Waals surface area contributed by atoms with Crippen molar-refractivity contribution >= 4 is 6.29 Å². The second-order valence-electron chi connectivity index (χ2n) is 6.47. The average molecular weight is 324 g/mol. The van der Waals surface area contributed by atoms with Crippen molar-refractivity contribution in [2.75, 3.05) is 0 Å². The smallest absolute Gasteiger partial charge is 0.162 e. The number of hydrogen-bond donors (Lipinski definition) is 0. The van der Waals surface area contributed by atoms with Gasteiger partial charge in [0.2, 0.25) is 0 Å². The summed E-state index contributed by atoms with van der Waals surface area (Å²) in [7, 11) is 0. The third kappa shape index (κ3) is 5.38. The molecule has 23 heavy (non-hydrogen) atoms. The molecule has 2 nitrogen and oxygen atoms in total. The Morgan fingerprint density at radius 2 is 1.96 bits per heavy atom. The molecule has 0 saturated heterocycles. The quantitative estimate of drug-likeness (QED) is 0.640. The van der Waals surface area contributed by atoms with Crippen molar-refractivity contribution in [2.24, 2.45) is 5.92 Å². The van der Waals surface area contributed by atoms with Crippen molar-refractivity contribution in [1.82, 2.24) is 0 Å². The molecule has 1 aromatic rings. The fourth-order valence-corrected chi connectivity index (χ4v) is 3.29. The summed E-state index contributed by atoms with van der Waals surface area (Å²) in [5.74, 6) is -1.35. The fourth-order valence-electron chi connectivity index (χ4n) is 3.29. The van der Waals surface area contributed by atoms with Crippen LogP contribution in [0.2, 0.25) is 0 Å². The molecule has 0 bridgehead atoms. The Balaban J connectivity index is 1.86. The molecule has 1 aliphatic rings. The number of hydrogen-bond acceptors (Lipinski definition) is 2. The Labute approximate surface area is 137 Å². The molecule has 0 aromatic heterocycles. The lowest BCUT2D eigenvalue weighted by Gasteiger charge is -2.29. The second kappa shape index (κ2) is 9.11. The van der Waals surface area contributed by atoms with Crippen molar-refractivity contribution < 1.29 is 18.3 Å². The molecule has 1 aliphatic carbocycles. The molecule has 2 rings (SSSR count). The van der Waals surface area contributed by atoms with Crippen LogP contribution in [-0.4, -0.2) is 18.5 Å². The summed E-state index contributed by atoms with van der Waals surface area (Å²) in [4.78, 5) is 10.8. The maximum Gasteiger partial charge on any atom is 0.162 e. The molecule has 1 unspecified atom stereocenters. The van der Waals surface area contributed by atoms with E-state index < -0.39 is 11.6 Å². The number of halogens is 2. The molecule has 1 fully saturated rings. The van der Waals surface area contributed by atoms with Gasteiger partial charge in [-0.25, -0.2) is 8.78 Å². The van der Waals surface area contributed by atoms with Gasteiger partial charge in [0.05, 0.1) is 12.2 Å². The van der Waals surface area contributed by atoms with E-state index >= 15 is 0 Å². The van der Waals surface area contributed by atoms with Crippen LogP contribution in [0, 0.1) is 17.6 Å². The number of ether oxygens (including phenoxy) is 1. The van der Waals surface area contributed by atoms with E-state index in [1.54, 1.807) is 12.1 Å². The number of benzene rings is 1.